The summed E-state index contributed by atoms with van der Waals surface area (Å²) in [6, 6.07) is 10.1. The fourth-order valence-corrected chi connectivity index (χ4v) is 1.63. The molecule has 0 aromatic heterocycles. The van der Waals surface area contributed by atoms with Gasteiger partial charge in [0.2, 0.25) is 0 Å². The average Bonchev–Trinajstić information content (AvgIpc) is 3.08. The van der Waals surface area contributed by atoms with E-state index >= 15 is 0 Å². The highest BCUT2D eigenvalue weighted by atomic mass is 16.5. The van der Waals surface area contributed by atoms with Crippen LogP contribution in [-0.4, -0.2) is 19.8 Å². The van der Waals surface area contributed by atoms with Crippen LogP contribution in [0, 0.1) is 0 Å². The van der Waals surface area contributed by atoms with E-state index in [2.05, 4.69) is 6.08 Å². The first-order valence-corrected chi connectivity index (χ1v) is 5.17. The molecule has 1 fully saturated rings. The van der Waals surface area contributed by atoms with Crippen LogP contribution in [0.15, 0.2) is 36.4 Å². The fraction of sp³-hybridized carbons (Fsp3) is 0.385. The summed E-state index contributed by atoms with van der Waals surface area (Å²) in [7, 11) is 3.45. The van der Waals surface area contributed by atoms with Gasteiger partial charge in [-0.15, -0.1) is 0 Å². The molecule has 1 aliphatic carbocycles. The molecule has 1 aromatic rings. The average molecular weight is 204 g/mol. The zero-order valence-electron chi connectivity index (χ0n) is 9.19. The van der Waals surface area contributed by atoms with Gasteiger partial charge in [-0.05, 0) is 18.9 Å². The summed E-state index contributed by atoms with van der Waals surface area (Å²) in [5.41, 5.74) is 1.03. The molecule has 15 heavy (non-hydrogen) atoms. The van der Waals surface area contributed by atoms with Crippen LogP contribution in [0.5, 0.6) is 0 Å². The molecule has 2 nitrogen and oxygen atoms in total. The van der Waals surface area contributed by atoms with Gasteiger partial charge in [0.05, 0.1) is 12.7 Å². The number of rotatable bonds is 4. The van der Waals surface area contributed by atoms with E-state index in [1.165, 1.54) is 0 Å². The van der Waals surface area contributed by atoms with E-state index in [1.807, 2.05) is 30.3 Å². The van der Waals surface area contributed by atoms with Gasteiger partial charge in [-0.25, -0.2) is 0 Å². The number of hydrogen-bond acceptors (Lipinski definition) is 2. The standard InChI is InChI=1S/C13H16O2/c1-14-12(10-13(15-2)8-9-13)11-6-4-3-5-7-11/h3-7,10H,8-9H2,1-2H3. The number of benzene rings is 1. The van der Waals surface area contributed by atoms with Crippen molar-refractivity contribution in [1.82, 2.24) is 0 Å². The normalized spacial score (nSPS) is 18.7. The maximum Gasteiger partial charge on any atom is 0.124 e. The zero-order chi connectivity index (χ0) is 10.7. The van der Waals surface area contributed by atoms with Crippen LogP contribution in [0.25, 0.3) is 5.76 Å². The number of hydrogen-bond donors (Lipinski definition) is 0. The molecule has 1 aliphatic rings. The molecule has 0 aliphatic heterocycles. The second-order valence-electron chi connectivity index (χ2n) is 3.85. The maximum absolute atomic E-state index is 5.45. The van der Waals surface area contributed by atoms with Crippen molar-refractivity contribution in [3.8, 4) is 0 Å². The molecule has 80 valence electrons. The van der Waals surface area contributed by atoms with Crippen LogP contribution < -0.4 is 0 Å². The second kappa shape index (κ2) is 4.07. The van der Waals surface area contributed by atoms with Gasteiger partial charge in [-0.1, -0.05) is 30.3 Å². The SMILES string of the molecule is COC(=CC1(OC)CC1)c1ccccc1. The highest BCUT2D eigenvalue weighted by Crippen LogP contribution is 2.42. The van der Waals surface area contributed by atoms with E-state index in [9.17, 15) is 0 Å². The molecule has 0 spiro atoms. The summed E-state index contributed by atoms with van der Waals surface area (Å²) in [5, 5.41) is 0. The monoisotopic (exact) mass is 204 g/mol. The summed E-state index contributed by atoms with van der Waals surface area (Å²) < 4.78 is 10.8. The Balaban J connectivity index is 2.25. The third-order valence-electron chi connectivity index (χ3n) is 2.82. The molecular formula is C13H16O2. The third-order valence-corrected chi connectivity index (χ3v) is 2.82. The summed E-state index contributed by atoms with van der Waals surface area (Å²) in [6.45, 7) is 0. The largest absolute Gasteiger partial charge is 0.496 e. The fourth-order valence-electron chi connectivity index (χ4n) is 1.63. The summed E-state index contributed by atoms with van der Waals surface area (Å²) >= 11 is 0. The van der Waals surface area contributed by atoms with Gasteiger partial charge in [0, 0.05) is 12.7 Å². The van der Waals surface area contributed by atoms with Crippen molar-refractivity contribution in [2.75, 3.05) is 14.2 Å². The molecule has 0 amide bonds. The molecule has 1 aromatic carbocycles. The van der Waals surface area contributed by atoms with Crippen LogP contribution in [0.1, 0.15) is 18.4 Å². The van der Waals surface area contributed by atoms with E-state index in [0.29, 0.717) is 0 Å². The molecule has 0 N–H and O–H groups in total. The Morgan fingerprint density at radius 1 is 1.20 bits per heavy atom. The van der Waals surface area contributed by atoms with Crippen molar-refractivity contribution in [2.24, 2.45) is 0 Å². The number of ether oxygens (including phenoxy) is 2. The predicted molar refractivity (Wildman–Crippen MR) is 60.4 cm³/mol. The lowest BCUT2D eigenvalue weighted by molar-refractivity contribution is 0.120. The van der Waals surface area contributed by atoms with Gasteiger partial charge < -0.3 is 9.47 Å². The second-order valence-corrected chi connectivity index (χ2v) is 3.85. The summed E-state index contributed by atoms with van der Waals surface area (Å²) in [6.07, 6.45) is 4.26. The van der Waals surface area contributed by atoms with E-state index in [0.717, 1.165) is 24.2 Å². The van der Waals surface area contributed by atoms with Gasteiger partial charge in [0.1, 0.15) is 5.76 Å². The molecule has 0 bridgehead atoms. The van der Waals surface area contributed by atoms with Crippen molar-refractivity contribution in [2.45, 2.75) is 18.4 Å². The van der Waals surface area contributed by atoms with E-state index in [1.54, 1.807) is 14.2 Å². The smallest absolute Gasteiger partial charge is 0.124 e. The van der Waals surface area contributed by atoms with Crippen LogP contribution in [-0.2, 0) is 9.47 Å². The van der Waals surface area contributed by atoms with Gasteiger partial charge in [-0.3, -0.25) is 0 Å². The van der Waals surface area contributed by atoms with Crippen LogP contribution in [0.2, 0.25) is 0 Å². The Labute approximate surface area is 90.5 Å². The minimum absolute atomic E-state index is 0.0683. The van der Waals surface area contributed by atoms with Crippen molar-refractivity contribution >= 4 is 5.76 Å². The first-order chi connectivity index (χ1) is 7.29. The van der Waals surface area contributed by atoms with E-state index in [4.69, 9.17) is 9.47 Å². The molecule has 2 rings (SSSR count). The first-order valence-electron chi connectivity index (χ1n) is 5.17. The quantitative estimate of drug-likeness (QED) is 0.702. The van der Waals surface area contributed by atoms with Crippen molar-refractivity contribution in [3.05, 3.63) is 42.0 Å². The van der Waals surface area contributed by atoms with Crippen LogP contribution in [0.4, 0.5) is 0 Å². The van der Waals surface area contributed by atoms with Crippen LogP contribution >= 0.6 is 0 Å². The highest BCUT2D eigenvalue weighted by Gasteiger charge is 2.41. The van der Waals surface area contributed by atoms with Crippen LogP contribution in [0.3, 0.4) is 0 Å². The molecule has 0 heterocycles. The van der Waals surface area contributed by atoms with E-state index in [-0.39, 0.29) is 5.60 Å². The van der Waals surface area contributed by atoms with Gasteiger partial charge >= 0.3 is 0 Å². The van der Waals surface area contributed by atoms with Crippen molar-refractivity contribution in [1.29, 1.82) is 0 Å². The lowest BCUT2D eigenvalue weighted by atomic mass is 10.1. The number of methoxy groups -OCH3 is 2. The lowest BCUT2D eigenvalue weighted by Crippen LogP contribution is -2.08. The van der Waals surface area contributed by atoms with Crippen molar-refractivity contribution < 1.29 is 9.47 Å². The zero-order valence-corrected chi connectivity index (χ0v) is 9.19. The first kappa shape index (κ1) is 10.2. The Morgan fingerprint density at radius 3 is 2.33 bits per heavy atom. The third kappa shape index (κ3) is 2.21. The van der Waals surface area contributed by atoms with E-state index < -0.39 is 0 Å². The van der Waals surface area contributed by atoms with Gasteiger partial charge in [0.25, 0.3) is 0 Å². The minimum atomic E-state index is -0.0683. The van der Waals surface area contributed by atoms with Gasteiger partial charge in [-0.2, -0.15) is 0 Å². The van der Waals surface area contributed by atoms with Gasteiger partial charge in [0.15, 0.2) is 0 Å². The molecule has 0 radical (unpaired) electrons. The highest BCUT2D eigenvalue weighted by molar-refractivity contribution is 5.61. The Kier molecular flexibility index (Phi) is 2.78. The predicted octanol–water partition coefficient (Wildman–Crippen LogP) is 2.85. The maximum atomic E-state index is 5.45. The lowest BCUT2D eigenvalue weighted by Gasteiger charge is -2.11. The summed E-state index contributed by atoms with van der Waals surface area (Å²) in [5.74, 6) is 0.898. The molecule has 0 atom stereocenters. The minimum Gasteiger partial charge on any atom is -0.496 e. The Bertz CT molecular complexity index is 350. The molecular weight excluding hydrogens is 188 g/mol. The Hall–Kier alpha value is -1.28. The topological polar surface area (TPSA) is 18.5 Å². The Morgan fingerprint density at radius 2 is 1.87 bits per heavy atom. The molecule has 1 saturated carbocycles. The molecule has 0 unspecified atom stereocenters. The van der Waals surface area contributed by atoms with Crippen molar-refractivity contribution in [3.63, 3.8) is 0 Å². The summed E-state index contributed by atoms with van der Waals surface area (Å²) in [4.78, 5) is 0. The molecule has 0 saturated heterocycles. The molecule has 2 heteroatoms.